The Balaban J connectivity index is 1.61. The fraction of sp³-hybridized carbons (Fsp3) is 0.111. The van der Waals surface area contributed by atoms with Gasteiger partial charge in [0, 0.05) is 18.0 Å². The summed E-state index contributed by atoms with van der Waals surface area (Å²) in [6.45, 7) is 2.76. The summed E-state index contributed by atoms with van der Waals surface area (Å²) < 4.78 is 15.0. The van der Waals surface area contributed by atoms with Gasteiger partial charge in [0.25, 0.3) is 0 Å². The highest BCUT2D eigenvalue weighted by Gasteiger charge is 2.06. The Labute approximate surface area is 155 Å². The number of aryl methyl sites for hydroxylation is 1. The lowest BCUT2D eigenvalue weighted by molar-refractivity contribution is 0.628. The number of nitrogens with zero attached hydrogens (tertiary/aromatic N) is 2. The molecule has 0 aliphatic heterocycles. The van der Waals surface area contributed by atoms with E-state index in [2.05, 4.69) is 34.8 Å². The molecule has 0 bridgehead atoms. The van der Waals surface area contributed by atoms with E-state index in [1.807, 2.05) is 29.1 Å². The Hall–Kier alpha value is -2.44. The van der Waals surface area contributed by atoms with Crippen LogP contribution in [0.2, 0.25) is 5.02 Å². The van der Waals surface area contributed by atoms with Gasteiger partial charge < -0.3 is 10.6 Å². The van der Waals surface area contributed by atoms with Crippen molar-refractivity contribution in [2.45, 2.75) is 13.5 Å². The van der Waals surface area contributed by atoms with Gasteiger partial charge in [0.1, 0.15) is 5.82 Å². The van der Waals surface area contributed by atoms with Crippen LogP contribution in [0.25, 0.3) is 0 Å². The van der Waals surface area contributed by atoms with Crippen molar-refractivity contribution in [3.63, 3.8) is 0 Å². The lowest BCUT2D eigenvalue weighted by atomic mass is 10.1. The SMILES string of the molecule is Cc1ccccc1Cn1ccc(NC(=S)Nc2ccc(F)c(Cl)c2)n1. The van der Waals surface area contributed by atoms with Gasteiger partial charge >= 0.3 is 0 Å². The third kappa shape index (κ3) is 4.55. The number of thiocarbonyl (C=S) groups is 1. The first-order chi connectivity index (χ1) is 12.0. The third-order valence-electron chi connectivity index (χ3n) is 3.65. The van der Waals surface area contributed by atoms with E-state index >= 15 is 0 Å². The zero-order chi connectivity index (χ0) is 17.8. The molecule has 0 saturated carbocycles. The van der Waals surface area contributed by atoms with E-state index in [0.29, 0.717) is 23.2 Å². The molecular weight excluding hydrogens is 359 g/mol. The first-order valence-corrected chi connectivity index (χ1v) is 8.41. The number of aromatic nitrogens is 2. The van der Waals surface area contributed by atoms with Crippen LogP contribution in [0.4, 0.5) is 15.9 Å². The number of rotatable bonds is 4. The topological polar surface area (TPSA) is 41.9 Å². The lowest BCUT2D eigenvalue weighted by Gasteiger charge is -2.09. The average Bonchev–Trinajstić information content (AvgIpc) is 3.00. The van der Waals surface area contributed by atoms with Crippen LogP contribution in [0.5, 0.6) is 0 Å². The van der Waals surface area contributed by atoms with Crippen LogP contribution in [0.1, 0.15) is 11.1 Å². The lowest BCUT2D eigenvalue weighted by Crippen LogP contribution is -2.19. The third-order valence-corrected chi connectivity index (χ3v) is 4.15. The van der Waals surface area contributed by atoms with Crippen molar-refractivity contribution in [3.8, 4) is 0 Å². The summed E-state index contributed by atoms with van der Waals surface area (Å²) in [6.07, 6.45) is 1.88. The molecule has 0 amide bonds. The minimum absolute atomic E-state index is 0.0373. The molecule has 2 N–H and O–H groups in total. The van der Waals surface area contributed by atoms with Gasteiger partial charge in [-0.25, -0.2) is 4.39 Å². The first-order valence-electron chi connectivity index (χ1n) is 7.62. The fourth-order valence-electron chi connectivity index (χ4n) is 2.33. The second-order valence-corrected chi connectivity index (χ2v) is 6.35. The Kier molecular flexibility index (Phi) is 5.31. The maximum Gasteiger partial charge on any atom is 0.176 e. The molecule has 7 heteroatoms. The van der Waals surface area contributed by atoms with Crippen molar-refractivity contribution >= 4 is 40.4 Å². The first kappa shape index (κ1) is 17.4. The Morgan fingerprint density at radius 2 is 2.00 bits per heavy atom. The van der Waals surface area contributed by atoms with Crippen LogP contribution in [-0.4, -0.2) is 14.9 Å². The van der Waals surface area contributed by atoms with Crippen molar-refractivity contribution < 1.29 is 4.39 Å². The molecule has 3 rings (SSSR count). The van der Waals surface area contributed by atoms with Crippen molar-refractivity contribution in [3.05, 3.63) is 76.7 Å². The summed E-state index contributed by atoms with van der Waals surface area (Å²) in [7, 11) is 0. The molecule has 128 valence electrons. The molecule has 0 fully saturated rings. The number of anilines is 2. The van der Waals surface area contributed by atoms with Crippen LogP contribution < -0.4 is 10.6 Å². The molecule has 1 heterocycles. The Bertz CT molecular complexity index is 910. The Morgan fingerprint density at radius 3 is 2.76 bits per heavy atom. The molecule has 0 aliphatic carbocycles. The second-order valence-electron chi connectivity index (χ2n) is 5.53. The monoisotopic (exact) mass is 374 g/mol. The summed E-state index contributed by atoms with van der Waals surface area (Å²) >= 11 is 11.0. The zero-order valence-corrected chi connectivity index (χ0v) is 15.0. The number of nitrogens with one attached hydrogen (secondary N) is 2. The summed E-state index contributed by atoms with van der Waals surface area (Å²) in [5.41, 5.74) is 3.03. The van der Waals surface area contributed by atoms with E-state index in [9.17, 15) is 4.39 Å². The van der Waals surface area contributed by atoms with Gasteiger partial charge in [0.05, 0.1) is 11.6 Å². The van der Waals surface area contributed by atoms with Gasteiger partial charge in [0.15, 0.2) is 10.9 Å². The van der Waals surface area contributed by atoms with Crippen molar-refractivity contribution in [1.29, 1.82) is 0 Å². The normalized spacial score (nSPS) is 10.5. The average molecular weight is 375 g/mol. The quantitative estimate of drug-likeness (QED) is 0.641. The smallest absolute Gasteiger partial charge is 0.176 e. The van der Waals surface area contributed by atoms with Gasteiger partial charge in [0.2, 0.25) is 0 Å². The van der Waals surface area contributed by atoms with Crippen molar-refractivity contribution in [2.75, 3.05) is 10.6 Å². The maximum absolute atomic E-state index is 13.2. The molecule has 2 aromatic carbocycles. The van der Waals surface area contributed by atoms with Crippen molar-refractivity contribution in [1.82, 2.24) is 9.78 Å². The highest BCUT2D eigenvalue weighted by atomic mass is 35.5. The predicted octanol–water partition coefficient (Wildman–Crippen LogP) is 4.84. The molecule has 0 unspecified atom stereocenters. The van der Waals surface area contributed by atoms with E-state index in [1.54, 1.807) is 6.07 Å². The molecular formula is C18H16ClFN4S. The van der Waals surface area contributed by atoms with E-state index in [4.69, 9.17) is 23.8 Å². The number of hydrogen-bond donors (Lipinski definition) is 2. The van der Waals surface area contributed by atoms with Crippen LogP contribution >= 0.6 is 23.8 Å². The molecule has 4 nitrogen and oxygen atoms in total. The predicted molar refractivity (Wildman–Crippen MR) is 104 cm³/mol. The van der Waals surface area contributed by atoms with Crippen LogP contribution in [0, 0.1) is 12.7 Å². The molecule has 1 aromatic heterocycles. The molecule has 0 saturated heterocycles. The maximum atomic E-state index is 13.2. The van der Waals surface area contributed by atoms with E-state index in [0.717, 1.165) is 0 Å². The summed E-state index contributed by atoms with van der Waals surface area (Å²) in [4.78, 5) is 0. The van der Waals surface area contributed by atoms with E-state index < -0.39 is 5.82 Å². The fourth-order valence-corrected chi connectivity index (χ4v) is 2.73. The highest BCUT2D eigenvalue weighted by molar-refractivity contribution is 7.80. The zero-order valence-electron chi connectivity index (χ0n) is 13.5. The number of hydrogen-bond acceptors (Lipinski definition) is 2. The molecule has 0 radical (unpaired) electrons. The summed E-state index contributed by atoms with van der Waals surface area (Å²) in [5.74, 6) is 0.153. The molecule has 3 aromatic rings. The largest absolute Gasteiger partial charge is 0.332 e. The Morgan fingerprint density at radius 1 is 1.20 bits per heavy atom. The van der Waals surface area contributed by atoms with Gasteiger partial charge in [-0.15, -0.1) is 0 Å². The summed E-state index contributed by atoms with van der Waals surface area (Å²) in [5, 5.41) is 10.8. The van der Waals surface area contributed by atoms with Gasteiger partial charge in [-0.05, 0) is 48.5 Å². The van der Waals surface area contributed by atoms with Crippen LogP contribution in [0.15, 0.2) is 54.7 Å². The molecule has 25 heavy (non-hydrogen) atoms. The molecule has 0 atom stereocenters. The number of halogens is 2. The van der Waals surface area contributed by atoms with Gasteiger partial charge in [-0.3, -0.25) is 4.68 Å². The minimum Gasteiger partial charge on any atom is -0.332 e. The summed E-state index contributed by atoms with van der Waals surface area (Å²) in [6, 6.07) is 14.3. The van der Waals surface area contributed by atoms with Gasteiger partial charge in [-0.1, -0.05) is 35.9 Å². The van der Waals surface area contributed by atoms with E-state index in [1.165, 1.54) is 23.3 Å². The molecule has 0 spiro atoms. The standard InChI is InChI=1S/C18H16ClFN4S/c1-12-4-2-3-5-13(12)11-24-9-8-17(23-24)22-18(25)21-14-6-7-16(20)15(19)10-14/h2-10H,11H2,1H3,(H2,21,22,23,25). The highest BCUT2D eigenvalue weighted by Crippen LogP contribution is 2.19. The second kappa shape index (κ2) is 7.63. The van der Waals surface area contributed by atoms with Crippen LogP contribution in [0.3, 0.4) is 0 Å². The minimum atomic E-state index is -0.471. The van der Waals surface area contributed by atoms with Gasteiger partial charge in [-0.2, -0.15) is 5.10 Å². The van der Waals surface area contributed by atoms with Crippen LogP contribution in [-0.2, 0) is 6.54 Å². The van der Waals surface area contributed by atoms with E-state index in [-0.39, 0.29) is 5.02 Å². The van der Waals surface area contributed by atoms with Crippen molar-refractivity contribution in [2.24, 2.45) is 0 Å². The molecule has 0 aliphatic rings. The number of benzene rings is 2.